The van der Waals surface area contributed by atoms with Gasteiger partial charge in [0.1, 0.15) is 6.54 Å². The topological polar surface area (TPSA) is 69.8 Å². The van der Waals surface area contributed by atoms with Crippen LogP contribution < -0.4 is 10.6 Å². The van der Waals surface area contributed by atoms with Gasteiger partial charge in [-0.15, -0.1) is 10.2 Å². The molecule has 7 heteroatoms. The molecular weight excluding hydrogens is 338 g/mol. The van der Waals surface area contributed by atoms with Gasteiger partial charge in [-0.05, 0) is 51.9 Å². The van der Waals surface area contributed by atoms with Gasteiger partial charge in [-0.25, -0.2) is 4.99 Å². The van der Waals surface area contributed by atoms with Gasteiger partial charge in [-0.1, -0.05) is 25.3 Å². The van der Waals surface area contributed by atoms with E-state index in [1.165, 1.54) is 32.1 Å². The molecule has 0 radical (unpaired) electrons. The standard InChI is InChI=1S/C20H33N7/c1-4-21-20(22-14-17(26(2)3)16-10-6-5-7-11-16)23-15-19-25-24-18-12-8-9-13-27(18)19/h8-9,12-13,16-17H,4-7,10-11,14-15H2,1-3H3,(H2,21,22,23). The highest BCUT2D eigenvalue weighted by molar-refractivity contribution is 5.79. The van der Waals surface area contributed by atoms with Crippen molar-refractivity contribution >= 4 is 11.6 Å². The molecule has 1 aliphatic rings. The van der Waals surface area contributed by atoms with Crippen LogP contribution in [0.2, 0.25) is 0 Å². The lowest BCUT2D eigenvalue weighted by molar-refractivity contribution is 0.171. The Kier molecular flexibility index (Phi) is 7.04. The zero-order valence-electron chi connectivity index (χ0n) is 16.9. The Bertz CT molecular complexity index is 731. The molecule has 2 aromatic rings. The third-order valence-corrected chi connectivity index (χ3v) is 5.44. The van der Waals surface area contributed by atoms with Gasteiger partial charge >= 0.3 is 0 Å². The maximum absolute atomic E-state index is 4.74. The molecule has 2 aromatic heterocycles. The predicted molar refractivity (Wildman–Crippen MR) is 110 cm³/mol. The highest BCUT2D eigenvalue weighted by Crippen LogP contribution is 2.28. The molecule has 1 atom stereocenters. The van der Waals surface area contributed by atoms with Gasteiger partial charge in [0, 0.05) is 25.3 Å². The van der Waals surface area contributed by atoms with Crippen LogP contribution in [0.4, 0.5) is 0 Å². The Morgan fingerprint density at radius 3 is 2.78 bits per heavy atom. The first kappa shape index (κ1) is 19.6. The summed E-state index contributed by atoms with van der Waals surface area (Å²) < 4.78 is 1.98. The average molecular weight is 372 g/mol. The first-order valence-electron chi connectivity index (χ1n) is 10.2. The number of nitrogens with zero attached hydrogens (tertiary/aromatic N) is 5. The van der Waals surface area contributed by atoms with Crippen LogP contribution in [0.15, 0.2) is 29.4 Å². The molecule has 2 N–H and O–H groups in total. The van der Waals surface area contributed by atoms with Gasteiger partial charge in [-0.3, -0.25) is 4.40 Å². The summed E-state index contributed by atoms with van der Waals surface area (Å²) in [6, 6.07) is 6.44. The van der Waals surface area contributed by atoms with Crippen molar-refractivity contribution in [2.24, 2.45) is 10.9 Å². The molecule has 0 aliphatic heterocycles. The quantitative estimate of drug-likeness (QED) is 0.577. The van der Waals surface area contributed by atoms with Crippen LogP contribution in [0.5, 0.6) is 0 Å². The summed E-state index contributed by atoms with van der Waals surface area (Å²) in [5, 5.41) is 15.4. The van der Waals surface area contributed by atoms with Crippen molar-refractivity contribution < 1.29 is 0 Å². The lowest BCUT2D eigenvalue weighted by Gasteiger charge is -2.35. The zero-order chi connectivity index (χ0) is 19.1. The van der Waals surface area contributed by atoms with Crippen molar-refractivity contribution in [2.75, 3.05) is 27.2 Å². The van der Waals surface area contributed by atoms with E-state index in [-0.39, 0.29) is 0 Å². The van der Waals surface area contributed by atoms with Gasteiger partial charge in [0.05, 0.1) is 0 Å². The second-order valence-electron chi connectivity index (χ2n) is 7.55. The van der Waals surface area contributed by atoms with Gasteiger partial charge in [-0.2, -0.15) is 0 Å². The van der Waals surface area contributed by atoms with Crippen LogP contribution in [0, 0.1) is 5.92 Å². The first-order chi connectivity index (χ1) is 13.2. The number of aliphatic imine (C=N–C) groups is 1. The van der Waals surface area contributed by atoms with Gasteiger partial charge in [0.2, 0.25) is 0 Å². The molecule has 2 heterocycles. The van der Waals surface area contributed by atoms with Crippen LogP contribution in [0.1, 0.15) is 44.9 Å². The van der Waals surface area contributed by atoms with Crippen molar-refractivity contribution in [2.45, 2.75) is 51.6 Å². The minimum Gasteiger partial charge on any atom is -0.357 e. The Hall–Kier alpha value is -2.15. The SMILES string of the molecule is CCNC(=NCc1nnc2ccccn12)NCC(C1CCCCC1)N(C)C. The number of likely N-dealkylation sites (N-methyl/N-ethyl adjacent to an activating group) is 1. The van der Waals surface area contributed by atoms with Crippen LogP contribution in [0.25, 0.3) is 5.65 Å². The summed E-state index contributed by atoms with van der Waals surface area (Å²) in [6.07, 6.45) is 8.77. The van der Waals surface area contributed by atoms with Crippen molar-refractivity contribution in [3.63, 3.8) is 0 Å². The molecule has 1 aliphatic carbocycles. The van der Waals surface area contributed by atoms with Gasteiger partial charge < -0.3 is 15.5 Å². The Labute approximate surface area is 162 Å². The van der Waals surface area contributed by atoms with E-state index in [4.69, 9.17) is 4.99 Å². The van der Waals surface area contributed by atoms with Crippen molar-refractivity contribution in [1.82, 2.24) is 30.1 Å². The van der Waals surface area contributed by atoms with Gasteiger partial charge in [0.15, 0.2) is 17.4 Å². The fourth-order valence-corrected chi connectivity index (χ4v) is 3.98. The highest BCUT2D eigenvalue weighted by Gasteiger charge is 2.25. The lowest BCUT2D eigenvalue weighted by atomic mass is 9.83. The molecule has 0 amide bonds. The molecule has 3 rings (SSSR count). The van der Waals surface area contributed by atoms with Crippen LogP contribution in [0.3, 0.4) is 0 Å². The summed E-state index contributed by atoms with van der Waals surface area (Å²) in [7, 11) is 4.38. The zero-order valence-corrected chi connectivity index (χ0v) is 16.9. The van der Waals surface area contributed by atoms with Crippen LogP contribution >= 0.6 is 0 Å². The Balaban J connectivity index is 1.64. The third kappa shape index (κ3) is 5.19. The van der Waals surface area contributed by atoms with E-state index in [1.807, 2.05) is 28.8 Å². The smallest absolute Gasteiger partial charge is 0.191 e. The number of hydrogen-bond acceptors (Lipinski definition) is 4. The number of aromatic nitrogens is 3. The van der Waals surface area contributed by atoms with E-state index < -0.39 is 0 Å². The van der Waals surface area contributed by atoms with Crippen LogP contribution in [-0.4, -0.2) is 58.7 Å². The molecule has 0 spiro atoms. The van der Waals surface area contributed by atoms with Crippen molar-refractivity contribution in [1.29, 1.82) is 0 Å². The molecule has 0 aromatic carbocycles. The summed E-state index contributed by atoms with van der Waals surface area (Å²) in [5.74, 6) is 2.46. The molecular formula is C20H33N7. The molecule has 148 valence electrons. The molecule has 27 heavy (non-hydrogen) atoms. The largest absolute Gasteiger partial charge is 0.357 e. The average Bonchev–Trinajstić information content (AvgIpc) is 3.10. The maximum atomic E-state index is 4.74. The highest BCUT2D eigenvalue weighted by atomic mass is 15.3. The van der Waals surface area contributed by atoms with E-state index in [0.29, 0.717) is 12.6 Å². The predicted octanol–water partition coefficient (Wildman–Crippen LogP) is 2.29. The molecule has 7 nitrogen and oxygen atoms in total. The molecule has 0 saturated heterocycles. The van der Waals surface area contributed by atoms with E-state index in [0.717, 1.165) is 36.4 Å². The van der Waals surface area contributed by atoms with E-state index in [2.05, 4.69) is 46.7 Å². The Morgan fingerprint density at radius 2 is 2.04 bits per heavy atom. The normalized spacial score (nSPS) is 17.4. The molecule has 1 saturated carbocycles. The summed E-state index contributed by atoms with van der Waals surface area (Å²) in [6.45, 7) is 4.33. The molecule has 1 unspecified atom stereocenters. The molecule has 0 bridgehead atoms. The lowest BCUT2D eigenvalue weighted by Crippen LogP contribution is -2.48. The number of hydrogen-bond donors (Lipinski definition) is 2. The second-order valence-corrected chi connectivity index (χ2v) is 7.55. The monoisotopic (exact) mass is 371 g/mol. The number of pyridine rings is 1. The minimum absolute atomic E-state index is 0.497. The summed E-state index contributed by atoms with van der Waals surface area (Å²) in [4.78, 5) is 7.09. The van der Waals surface area contributed by atoms with Crippen molar-refractivity contribution in [3.8, 4) is 0 Å². The maximum Gasteiger partial charge on any atom is 0.191 e. The van der Waals surface area contributed by atoms with Crippen LogP contribution in [-0.2, 0) is 6.54 Å². The van der Waals surface area contributed by atoms with Crippen molar-refractivity contribution in [3.05, 3.63) is 30.2 Å². The number of nitrogens with one attached hydrogen (secondary N) is 2. The minimum atomic E-state index is 0.497. The third-order valence-electron chi connectivity index (χ3n) is 5.44. The number of rotatable bonds is 7. The second kappa shape index (κ2) is 9.69. The number of fused-ring (bicyclic) bond motifs is 1. The molecule has 1 fully saturated rings. The fourth-order valence-electron chi connectivity index (χ4n) is 3.98. The van der Waals surface area contributed by atoms with Gasteiger partial charge in [0.25, 0.3) is 0 Å². The van der Waals surface area contributed by atoms with E-state index in [9.17, 15) is 0 Å². The first-order valence-corrected chi connectivity index (χ1v) is 10.2. The van der Waals surface area contributed by atoms with E-state index in [1.54, 1.807) is 0 Å². The van der Waals surface area contributed by atoms with E-state index >= 15 is 0 Å². The summed E-state index contributed by atoms with van der Waals surface area (Å²) in [5.41, 5.74) is 0.852. The number of guanidine groups is 1. The fraction of sp³-hybridized carbons (Fsp3) is 0.650. The summed E-state index contributed by atoms with van der Waals surface area (Å²) >= 11 is 0. The Morgan fingerprint density at radius 1 is 1.22 bits per heavy atom.